The topological polar surface area (TPSA) is 53.5 Å². The Balaban J connectivity index is 1.62. The average molecular weight is 298 g/mol. The van der Waals surface area contributed by atoms with Crippen LogP contribution >= 0.6 is 0 Å². The second kappa shape index (κ2) is 7.40. The summed E-state index contributed by atoms with van der Waals surface area (Å²) >= 11 is 0. The first-order chi connectivity index (χ1) is 10.8. The molecule has 2 aromatic carbocycles. The molecule has 0 aliphatic carbocycles. The highest BCUT2D eigenvalue weighted by Crippen LogP contribution is 2.28. The van der Waals surface area contributed by atoms with E-state index in [-0.39, 0.29) is 0 Å². The van der Waals surface area contributed by atoms with Crippen LogP contribution in [-0.4, -0.2) is 18.4 Å². The predicted octanol–water partition coefficient (Wildman–Crippen LogP) is 3.80. The summed E-state index contributed by atoms with van der Waals surface area (Å²) in [6.45, 7) is 2.21. The fourth-order valence-corrected chi connectivity index (χ4v) is 2.83. The van der Waals surface area contributed by atoms with Crippen molar-refractivity contribution in [3.63, 3.8) is 0 Å². The van der Waals surface area contributed by atoms with Crippen LogP contribution in [0.1, 0.15) is 29.9 Å². The quantitative estimate of drug-likeness (QED) is 0.735. The summed E-state index contributed by atoms with van der Waals surface area (Å²) in [6, 6.07) is 16.7. The van der Waals surface area contributed by atoms with Crippen molar-refractivity contribution in [2.45, 2.75) is 25.3 Å². The molecule has 4 heteroatoms. The lowest BCUT2D eigenvalue weighted by atomic mass is 9.92. The molecule has 0 amide bonds. The van der Waals surface area contributed by atoms with Crippen LogP contribution in [0.3, 0.4) is 0 Å². The first-order valence-corrected chi connectivity index (χ1v) is 7.76. The highest BCUT2D eigenvalue weighted by molar-refractivity contribution is 5.60. The van der Waals surface area contributed by atoms with E-state index in [0.29, 0.717) is 12.5 Å². The van der Waals surface area contributed by atoms with Crippen LogP contribution in [0, 0.1) is 0 Å². The summed E-state index contributed by atoms with van der Waals surface area (Å²) in [5.74, 6) is 0.632. The molecule has 0 saturated carbocycles. The lowest BCUT2D eigenvalue weighted by Crippen LogP contribution is -2.13. The summed E-state index contributed by atoms with van der Waals surface area (Å²) in [6.07, 6.45) is 2.24. The van der Waals surface area contributed by atoms with E-state index in [0.717, 1.165) is 43.0 Å². The lowest BCUT2D eigenvalue weighted by molar-refractivity contribution is 0.0853. The minimum Gasteiger partial charge on any atom is -0.381 e. The van der Waals surface area contributed by atoms with Crippen LogP contribution in [0.15, 0.2) is 48.5 Å². The Morgan fingerprint density at radius 3 is 2.09 bits per heavy atom. The molecule has 1 fully saturated rings. The SMILES string of the molecule is ONCc1ccc(Nc2ccc(C3CCOCC3)cc2)cc1. The highest BCUT2D eigenvalue weighted by Gasteiger charge is 2.15. The van der Waals surface area contributed by atoms with Gasteiger partial charge in [0.05, 0.1) is 0 Å². The molecule has 0 bridgehead atoms. The van der Waals surface area contributed by atoms with Gasteiger partial charge in [-0.15, -0.1) is 0 Å². The third-order valence-electron chi connectivity index (χ3n) is 4.13. The molecular weight excluding hydrogens is 276 g/mol. The molecule has 1 aliphatic rings. The van der Waals surface area contributed by atoms with Crippen LogP contribution in [-0.2, 0) is 11.3 Å². The van der Waals surface area contributed by atoms with Gasteiger partial charge in [0.25, 0.3) is 0 Å². The first kappa shape index (κ1) is 15.0. The van der Waals surface area contributed by atoms with Crippen molar-refractivity contribution in [1.82, 2.24) is 5.48 Å². The molecule has 2 aromatic rings. The number of hydroxylamine groups is 1. The van der Waals surface area contributed by atoms with Crippen molar-refractivity contribution in [3.05, 3.63) is 59.7 Å². The Hall–Kier alpha value is -1.88. The van der Waals surface area contributed by atoms with Gasteiger partial charge in [-0.1, -0.05) is 24.3 Å². The fourth-order valence-electron chi connectivity index (χ4n) is 2.83. The summed E-state index contributed by atoms with van der Waals surface area (Å²) in [4.78, 5) is 0. The molecule has 3 rings (SSSR count). The highest BCUT2D eigenvalue weighted by atomic mass is 16.5. The van der Waals surface area contributed by atoms with Crippen molar-refractivity contribution >= 4 is 11.4 Å². The normalized spacial score (nSPS) is 15.7. The van der Waals surface area contributed by atoms with Gasteiger partial charge in [0.2, 0.25) is 0 Å². The number of benzene rings is 2. The Kier molecular flexibility index (Phi) is 5.06. The molecule has 0 aromatic heterocycles. The second-order valence-electron chi connectivity index (χ2n) is 5.67. The zero-order valence-electron chi connectivity index (χ0n) is 12.6. The van der Waals surface area contributed by atoms with Gasteiger partial charge in [0.1, 0.15) is 0 Å². The maximum atomic E-state index is 8.68. The van der Waals surface area contributed by atoms with Gasteiger partial charge in [0, 0.05) is 31.1 Å². The van der Waals surface area contributed by atoms with Gasteiger partial charge < -0.3 is 15.3 Å². The smallest absolute Gasteiger partial charge is 0.0471 e. The molecule has 116 valence electrons. The molecule has 0 spiro atoms. The largest absolute Gasteiger partial charge is 0.381 e. The van der Waals surface area contributed by atoms with E-state index in [4.69, 9.17) is 9.94 Å². The zero-order chi connectivity index (χ0) is 15.2. The Bertz CT molecular complexity index is 575. The summed E-state index contributed by atoms with van der Waals surface area (Å²) < 4.78 is 5.42. The third kappa shape index (κ3) is 3.85. The molecule has 3 N–H and O–H groups in total. The van der Waals surface area contributed by atoms with Crippen LogP contribution in [0.5, 0.6) is 0 Å². The van der Waals surface area contributed by atoms with Crippen LogP contribution in [0.25, 0.3) is 0 Å². The monoisotopic (exact) mass is 298 g/mol. The second-order valence-corrected chi connectivity index (χ2v) is 5.67. The molecule has 0 unspecified atom stereocenters. The number of rotatable bonds is 5. The number of nitrogens with one attached hydrogen (secondary N) is 2. The van der Waals surface area contributed by atoms with Gasteiger partial charge in [0.15, 0.2) is 0 Å². The molecule has 1 aliphatic heterocycles. The molecule has 1 heterocycles. The fraction of sp³-hybridized carbons (Fsp3) is 0.333. The Morgan fingerprint density at radius 1 is 0.909 bits per heavy atom. The van der Waals surface area contributed by atoms with Crippen LogP contribution < -0.4 is 10.8 Å². The van der Waals surface area contributed by atoms with Crippen molar-refractivity contribution in [2.24, 2.45) is 0 Å². The molecule has 0 atom stereocenters. The van der Waals surface area contributed by atoms with E-state index in [1.54, 1.807) is 0 Å². The number of ether oxygens (including phenoxy) is 1. The molecular formula is C18H22N2O2. The summed E-state index contributed by atoms with van der Waals surface area (Å²) in [5, 5.41) is 12.1. The van der Waals surface area contributed by atoms with E-state index in [9.17, 15) is 0 Å². The van der Waals surface area contributed by atoms with Crippen LogP contribution in [0.2, 0.25) is 0 Å². The summed E-state index contributed by atoms with van der Waals surface area (Å²) in [7, 11) is 0. The van der Waals surface area contributed by atoms with Gasteiger partial charge in [-0.2, -0.15) is 0 Å². The molecule has 22 heavy (non-hydrogen) atoms. The first-order valence-electron chi connectivity index (χ1n) is 7.76. The summed E-state index contributed by atoms with van der Waals surface area (Å²) in [5.41, 5.74) is 6.74. The molecule has 1 saturated heterocycles. The minimum atomic E-state index is 0.458. The van der Waals surface area contributed by atoms with E-state index >= 15 is 0 Å². The van der Waals surface area contributed by atoms with Crippen molar-refractivity contribution in [2.75, 3.05) is 18.5 Å². The van der Waals surface area contributed by atoms with Gasteiger partial charge in [-0.25, -0.2) is 5.48 Å². The van der Waals surface area contributed by atoms with Gasteiger partial charge in [-0.05, 0) is 54.2 Å². The zero-order valence-corrected chi connectivity index (χ0v) is 12.6. The van der Waals surface area contributed by atoms with Gasteiger partial charge in [-0.3, -0.25) is 0 Å². The third-order valence-corrected chi connectivity index (χ3v) is 4.13. The van der Waals surface area contributed by atoms with E-state index < -0.39 is 0 Å². The maximum Gasteiger partial charge on any atom is 0.0471 e. The standard InChI is InChI=1S/C18H22N2O2/c21-19-13-14-1-5-17(6-2-14)20-18-7-3-15(4-8-18)16-9-11-22-12-10-16/h1-8,16,19-21H,9-13H2. The van der Waals surface area contributed by atoms with E-state index in [1.165, 1.54) is 5.56 Å². The van der Waals surface area contributed by atoms with E-state index in [2.05, 4.69) is 35.1 Å². The van der Waals surface area contributed by atoms with Crippen molar-refractivity contribution < 1.29 is 9.94 Å². The van der Waals surface area contributed by atoms with Crippen molar-refractivity contribution in [3.8, 4) is 0 Å². The molecule has 4 nitrogen and oxygen atoms in total. The maximum absolute atomic E-state index is 8.68. The number of anilines is 2. The van der Waals surface area contributed by atoms with Gasteiger partial charge >= 0.3 is 0 Å². The Morgan fingerprint density at radius 2 is 1.50 bits per heavy atom. The van der Waals surface area contributed by atoms with Crippen LogP contribution in [0.4, 0.5) is 11.4 Å². The number of hydrogen-bond acceptors (Lipinski definition) is 4. The molecule has 0 radical (unpaired) electrons. The predicted molar refractivity (Wildman–Crippen MR) is 87.6 cm³/mol. The Labute approximate surface area is 131 Å². The lowest BCUT2D eigenvalue weighted by Gasteiger charge is -2.22. The minimum absolute atomic E-state index is 0.458. The van der Waals surface area contributed by atoms with E-state index in [1.807, 2.05) is 24.3 Å². The van der Waals surface area contributed by atoms with Crippen molar-refractivity contribution in [1.29, 1.82) is 0 Å². The number of hydrogen-bond donors (Lipinski definition) is 3. The average Bonchev–Trinajstić information content (AvgIpc) is 2.58.